The molecule has 1 heterocycles. The predicted molar refractivity (Wildman–Crippen MR) is 70.4 cm³/mol. The van der Waals surface area contributed by atoms with E-state index in [1.54, 1.807) is 11.7 Å². The van der Waals surface area contributed by atoms with E-state index in [4.69, 9.17) is 0 Å². The van der Waals surface area contributed by atoms with Crippen LogP contribution in [0.25, 0.3) is 0 Å². The number of nitrogens with zero attached hydrogens (tertiary/aromatic N) is 2. The molecule has 0 unspecified atom stereocenters. The van der Waals surface area contributed by atoms with Crippen molar-refractivity contribution in [2.75, 3.05) is 0 Å². The van der Waals surface area contributed by atoms with Crippen molar-refractivity contribution in [3.63, 3.8) is 0 Å². The minimum atomic E-state index is -0.00822. The lowest BCUT2D eigenvalue weighted by Crippen LogP contribution is -2.38. The standard InChI is InChI=1S/C12H18BrN3O/c1-8-7-11(16(2)15-8)12(17)14-10-5-3-9(13)4-6-10/h7,9-10H,3-6H2,1-2H3,(H,14,17). The number of nitrogens with one attached hydrogen (secondary N) is 1. The highest BCUT2D eigenvalue weighted by Gasteiger charge is 2.22. The summed E-state index contributed by atoms with van der Waals surface area (Å²) in [4.78, 5) is 12.7. The number of halogens is 1. The Morgan fingerprint density at radius 2 is 2.12 bits per heavy atom. The van der Waals surface area contributed by atoms with Crippen molar-refractivity contribution in [1.82, 2.24) is 15.1 Å². The maximum atomic E-state index is 12.0. The first-order chi connectivity index (χ1) is 8.06. The van der Waals surface area contributed by atoms with Crippen molar-refractivity contribution >= 4 is 21.8 Å². The molecule has 1 aromatic heterocycles. The van der Waals surface area contributed by atoms with Gasteiger partial charge in [0.25, 0.3) is 5.91 Å². The Labute approximate surface area is 110 Å². The van der Waals surface area contributed by atoms with Crippen LogP contribution in [-0.2, 0) is 7.05 Å². The number of hydrogen-bond acceptors (Lipinski definition) is 2. The van der Waals surface area contributed by atoms with Gasteiger partial charge in [-0.3, -0.25) is 9.48 Å². The summed E-state index contributed by atoms with van der Waals surface area (Å²) in [6.45, 7) is 1.90. The molecule has 1 amide bonds. The average molecular weight is 300 g/mol. The van der Waals surface area contributed by atoms with Crippen LogP contribution in [0.1, 0.15) is 41.9 Å². The van der Waals surface area contributed by atoms with E-state index in [0.717, 1.165) is 31.4 Å². The first-order valence-corrected chi connectivity index (χ1v) is 6.93. The monoisotopic (exact) mass is 299 g/mol. The lowest BCUT2D eigenvalue weighted by Gasteiger charge is -2.25. The van der Waals surface area contributed by atoms with Gasteiger partial charge in [0.15, 0.2) is 0 Å². The Bertz CT molecular complexity index is 408. The lowest BCUT2D eigenvalue weighted by atomic mass is 9.95. The Kier molecular flexibility index (Phi) is 3.86. The fourth-order valence-electron chi connectivity index (χ4n) is 2.28. The molecule has 0 aromatic carbocycles. The van der Waals surface area contributed by atoms with Crippen molar-refractivity contribution in [3.05, 3.63) is 17.5 Å². The Hall–Kier alpha value is -0.840. The third kappa shape index (κ3) is 3.09. The van der Waals surface area contributed by atoms with E-state index in [2.05, 4.69) is 26.3 Å². The van der Waals surface area contributed by atoms with Crippen LogP contribution in [0.2, 0.25) is 0 Å². The number of amides is 1. The van der Waals surface area contributed by atoms with E-state index in [1.807, 2.05) is 13.0 Å². The van der Waals surface area contributed by atoms with Crippen molar-refractivity contribution in [1.29, 1.82) is 0 Å². The molecule has 94 valence electrons. The van der Waals surface area contributed by atoms with Crippen molar-refractivity contribution < 1.29 is 4.79 Å². The minimum Gasteiger partial charge on any atom is -0.348 e. The molecule has 1 aromatic rings. The van der Waals surface area contributed by atoms with Gasteiger partial charge in [0, 0.05) is 17.9 Å². The van der Waals surface area contributed by atoms with Gasteiger partial charge in [-0.15, -0.1) is 0 Å². The van der Waals surface area contributed by atoms with E-state index < -0.39 is 0 Å². The zero-order valence-corrected chi connectivity index (χ0v) is 11.8. The van der Waals surface area contributed by atoms with Crippen molar-refractivity contribution in [2.24, 2.45) is 7.05 Å². The number of rotatable bonds is 2. The number of aryl methyl sites for hydroxylation is 2. The van der Waals surface area contributed by atoms with Gasteiger partial charge >= 0.3 is 0 Å². The molecule has 0 spiro atoms. The summed E-state index contributed by atoms with van der Waals surface area (Å²) in [6, 6.07) is 2.14. The number of hydrogen-bond donors (Lipinski definition) is 1. The van der Waals surface area contributed by atoms with Gasteiger partial charge < -0.3 is 5.32 Å². The second-order valence-corrected chi connectivity index (χ2v) is 6.01. The van der Waals surface area contributed by atoms with Gasteiger partial charge in [0.1, 0.15) is 5.69 Å². The van der Waals surface area contributed by atoms with Crippen LogP contribution in [0.15, 0.2) is 6.07 Å². The zero-order chi connectivity index (χ0) is 12.4. The molecule has 17 heavy (non-hydrogen) atoms. The van der Waals surface area contributed by atoms with Crippen LogP contribution in [0, 0.1) is 6.92 Å². The third-order valence-corrected chi connectivity index (χ3v) is 4.14. The molecule has 4 nitrogen and oxygen atoms in total. The van der Waals surface area contributed by atoms with Crippen LogP contribution >= 0.6 is 15.9 Å². The molecular weight excluding hydrogens is 282 g/mol. The molecule has 1 saturated carbocycles. The molecule has 2 rings (SSSR count). The number of aromatic nitrogens is 2. The molecular formula is C12H18BrN3O. The highest BCUT2D eigenvalue weighted by molar-refractivity contribution is 9.09. The summed E-state index contributed by atoms with van der Waals surface area (Å²) < 4.78 is 1.64. The van der Waals surface area contributed by atoms with Crippen molar-refractivity contribution in [3.8, 4) is 0 Å². The first-order valence-electron chi connectivity index (χ1n) is 6.02. The SMILES string of the molecule is Cc1cc(C(=O)NC2CCC(Br)CC2)n(C)n1. The summed E-state index contributed by atoms with van der Waals surface area (Å²) in [7, 11) is 1.80. The summed E-state index contributed by atoms with van der Waals surface area (Å²) in [5, 5.41) is 7.27. The highest BCUT2D eigenvalue weighted by atomic mass is 79.9. The lowest BCUT2D eigenvalue weighted by molar-refractivity contribution is 0.0918. The maximum Gasteiger partial charge on any atom is 0.269 e. The molecule has 1 N–H and O–H groups in total. The van der Waals surface area contributed by atoms with Gasteiger partial charge in [0.2, 0.25) is 0 Å². The molecule has 0 radical (unpaired) electrons. The van der Waals surface area contributed by atoms with Crippen LogP contribution in [0.3, 0.4) is 0 Å². The van der Waals surface area contributed by atoms with Crippen LogP contribution in [0.5, 0.6) is 0 Å². The normalized spacial score (nSPS) is 24.6. The van der Waals surface area contributed by atoms with Crippen LogP contribution in [-0.4, -0.2) is 26.6 Å². The second kappa shape index (κ2) is 5.21. The topological polar surface area (TPSA) is 46.9 Å². The third-order valence-electron chi connectivity index (χ3n) is 3.23. The summed E-state index contributed by atoms with van der Waals surface area (Å²) in [6.07, 6.45) is 4.38. The van der Waals surface area contributed by atoms with Gasteiger partial charge in [-0.05, 0) is 38.7 Å². The van der Waals surface area contributed by atoms with E-state index in [-0.39, 0.29) is 5.91 Å². The molecule has 1 aliphatic carbocycles. The smallest absolute Gasteiger partial charge is 0.269 e. The Balaban J connectivity index is 1.95. The first kappa shape index (κ1) is 12.6. The van der Waals surface area contributed by atoms with Crippen LogP contribution in [0.4, 0.5) is 0 Å². The molecule has 0 saturated heterocycles. The summed E-state index contributed by atoms with van der Waals surface area (Å²) in [5.41, 5.74) is 1.52. The molecule has 0 bridgehead atoms. The van der Waals surface area contributed by atoms with Gasteiger partial charge in [-0.2, -0.15) is 5.10 Å². The summed E-state index contributed by atoms with van der Waals surface area (Å²) >= 11 is 3.61. The largest absolute Gasteiger partial charge is 0.348 e. The molecule has 0 aliphatic heterocycles. The number of alkyl halides is 1. The Morgan fingerprint density at radius 3 is 2.65 bits per heavy atom. The van der Waals surface area contributed by atoms with E-state index in [9.17, 15) is 4.79 Å². The number of carbonyl (C=O) groups excluding carboxylic acids is 1. The van der Waals surface area contributed by atoms with Crippen LogP contribution < -0.4 is 5.32 Å². The fourth-order valence-corrected chi connectivity index (χ4v) is 2.81. The second-order valence-electron chi connectivity index (χ2n) is 4.72. The Morgan fingerprint density at radius 1 is 1.47 bits per heavy atom. The molecule has 5 heteroatoms. The van der Waals surface area contributed by atoms with E-state index >= 15 is 0 Å². The maximum absolute atomic E-state index is 12.0. The fraction of sp³-hybridized carbons (Fsp3) is 0.667. The average Bonchev–Trinajstić information content (AvgIpc) is 2.61. The van der Waals surface area contributed by atoms with E-state index in [0.29, 0.717) is 16.6 Å². The summed E-state index contributed by atoms with van der Waals surface area (Å²) in [5.74, 6) is -0.00822. The quantitative estimate of drug-likeness (QED) is 0.851. The van der Waals surface area contributed by atoms with Gasteiger partial charge in [-0.25, -0.2) is 0 Å². The van der Waals surface area contributed by atoms with Gasteiger partial charge in [0.05, 0.1) is 5.69 Å². The predicted octanol–water partition coefficient (Wildman–Crippen LogP) is 2.16. The molecule has 0 atom stereocenters. The van der Waals surface area contributed by atoms with Crippen molar-refractivity contribution in [2.45, 2.75) is 43.5 Å². The van der Waals surface area contributed by atoms with Gasteiger partial charge in [-0.1, -0.05) is 15.9 Å². The molecule has 1 fully saturated rings. The minimum absolute atomic E-state index is 0.00822. The molecule has 1 aliphatic rings. The zero-order valence-electron chi connectivity index (χ0n) is 10.2. The highest BCUT2D eigenvalue weighted by Crippen LogP contribution is 2.24. The number of carbonyl (C=O) groups is 1. The van der Waals surface area contributed by atoms with E-state index in [1.165, 1.54) is 0 Å².